The molecule has 0 unspecified atom stereocenters. The monoisotopic (exact) mass is 540 g/mol. The summed E-state index contributed by atoms with van der Waals surface area (Å²) in [7, 11) is 0. The molecule has 8 nitrogen and oxygen atoms in total. The summed E-state index contributed by atoms with van der Waals surface area (Å²) in [5, 5.41) is 12.8. The molecule has 0 saturated carbocycles. The molecule has 0 fully saturated rings. The minimum absolute atomic E-state index is 0.127. The number of nitrogens with zero attached hydrogens (tertiary/aromatic N) is 1. The fourth-order valence-electron chi connectivity index (χ4n) is 2.84. The molecule has 1 heterocycles. The lowest BCUT2D eigenvalue weighted by Crippen LogP contribution is -2.49. The molecule has 2 aromatic carbocycles. The highest BCUT2D eigenvalue weighted by Gasteiger charge is 2.38. The number of rotatable bonds is 10. The van der Waals surface area contributed by atoms with Crippen LogP contribution in [0.4, 0.5) is 17.6 Å². The van der Waals surface area contributed by atoms with Crippen LogP contribution in [0.3, 0.4) is 0 Å². The molecule has 0 aliphatic heterocycles. The number of carboxylic acids is 1. The quantitative estimate of drug-likeness (QED) is 0.231. The predicted octanol–water partition coefficient (Wildman–Crippen LogP) is 3.36. The first-order valence-electron chi connectivity index (χ1n) is 10.8. The second-order valence-electron chi connectivity index (χ2n) is 7.47. The van der Waals surface area contributed by atoms with Gasteiger partial charge >= 0.3 is 12.1 Å². The van der Waals surface area contributed by atoms with Crippen molar-refractivity contribution in [2.45, 2.75) is 30.0 Å². The van der Waals surface area contributed by atoms with E-state index in [9.17, 15) is 27.2 Å². The van der Waals surface area contributed by atoms with Gasteiger partial charge in [-0.05, 0) is 36.2 Å². The highest BCUT2D eigenvalue weighted by Crippen LogP contribution is 2.17. The molecule has 37 heavy (non-hydrogen) atoms. The lowest BCUT2D eigenvalue weighted by Gasteiger charge is -2.18. The Balaban J connectivity index is 0.000000604. The second-order valence-corrected chi connectivity index (χ2v) is 8.52. The van der Waals surface area contributed by atoms with Crippen molar-refractivity contribution >= 4 is 29.5 Å². The lowest BCUT2D eigenvalue weighted by atomic mass is 10.1. The molecule has 198 valence electrons. The number of thioether (sulfide) groups is 1. The molecule has 1 atom stereocenters. The first-order valence-corrected chi connectivity index (χ1v) is 11.8. The van der Waals surface area contributed by atoms with Crippen LogP contribution in [0.25, 0.3) is 0 Å². The zero-order valence-electron chi connectivity index (χ0n) is 19.3. The van der Waals surface area contributed by atoms with E-state index in [0.717, 1.165) is 16.2 Å². The Bertz CT molecular complexity index is 1130. The van der Waals surface area contributed by atoms with Gasteiger partial charge in [0.1, 0.15) is 11.9 Å². The summed E-state index contributed by atoms with van der Waals surface area (Å²) < 4.78 is 44.7. The van der Waals surface area contributed by atoms with E-state index < -0.39 is 18.2 Å². The average molecular weight is 541 g/mol. The maximum absolute atomic E-state index is 13.0. The van der Waals surface area contributed by atoms with Crippen molar-refractivity contribution in [1.29, 1.82) is 0 Å². The summed E-state index contributed by atoms with van der Waals surface area (Å²) >= 11 is 1.28. The number of aromatic amines is 1. The van der Waals surface area contributed by atoms with Gasteiger partial charge in [-0.1, -0.05) is 30.3 Å². The van der Waals surface area contributed by atoms with Crippen LogP contribution in [-0.2, 0) is 27.2 Å². The number of imidazole rings is 1. The highest BCUT2D eigenvalue weighted by atomic mass is 32.2. The maximum atomic E-state index is 13.0. The normalized spacial score (nSPS) is 11.6. The van der Waals surface area contributed by atoms with Crippen LogP contribution in [0.15, 0.2) is 72.0 Å². The highest BCUT2D eigenvalue weighted by molar-refractivity contribution is 8.00. The van der Waals surface area contributed by atoms with Gasteiger partial charge in [-0.3, -0.25) is 9.59 Å². The number of benzene rings is 2. The van der Waals surface area contributed by atoms with E-state index in [1.807, 2.05) is 30.3 Å². The minimum atomic E-state index is -5.08. The zero-order valence-corrected chi connectivity index (χ0v) is 20.1. The van der Waals surface area contributed by atoms with Gasteiger partial charge in [-0.25, -0.2) is 14.2 Å². The van der Waals surface area contributed by atoms with Crippen molar-refractivity contribution in [3.63, 3.8) is 0 Å². The Morgan fingerprint density at radius 3 is 2.27 bits per heavy atom. The van der Waals surface area contributed by atoms with Crippen LogP contribution in [0, 0.1) is 5.82 Å². The van der Waals surface area contributed by atoms with E-state index in [1.165, 1.54) is 30.2 Å². The molecule has 0 aliphatic rings. The van der Waals surface area contributed by atoms with Gasteiger partial charge in [0.2, 0.25) is 11.8 Å². The fourth-order valence-corrected chi connectivity index (χ4v) is 3.55. The lowest BCUT2D eigenvalue weighted by molar-refractivity contribution is -0.192. The molecule has 0 saturated heterocycles. The molecule has 3 aromatic rings. The molecule has 1 aromatic heterocycles. The Morgan fingerprint density at radius 2 is 1.70 bits per heavy atom. The molecular formula is C24H24F4N4O4S. The second kappa shape index (κ2) is 14.6. The number of carbonyl (C=O) groups is 3. The molecule has 13 heteroatoms. The number of hydrogen-bond donors (Lipinski definition) is 4. The fraction of sp³-hybridized carbons (Fsp3) is 0.250. The number of halogens is 4. The van der Waals surface area contributed by atoms with Gasteiger partial charge in [0.05, 0.1) is 12.1 Å². The van der Waals surface area contributed by atoms with E-state index >= 15 is 0 Å². The van der Waals surface area contributed by atoms with Crippen molar-refractivity contribution < 1.29 is 37.1 Å². The number of aliphatic carboxylic acids is 1. The number of aromatic nitrogens is 2. The van der Waals surface area contributed by atoms with E-state index in [2.05, 4.69) is 20.6 Å². The van der Waals surface area contributed by atoms with Crippen molar-refractivity contribution in [2.24, 2.45) is 0 Å². The minimum Gasteiger partial charge on any atom is -0.475 e. The number of carbonyl (C=O) groups excluding carboxylic acids is 2. The predicted molar refractivity (Wildman–Crippen MR) is 128 cm³/mol. The average Bonchev–Trinajstić information content (AvgIpc) is 3.37. The van der Waals surface area contributed by atoms with E-state index in [0.29, 0.717) is 19.4 Å². The Kier molecular flexibility index (Phi) is 11.6. The summed E-state index contributed by atoms with van der Waals surface area (Å²) in [6, 6.07) is 15.1. The van der Waals surface area contributed by atoms with Gasteiger partial charge < -0.3 is 20.7 Å². The van der Waals surface area contributed by atoms with Crippen LogP contribution in [0.2, 0.25) is 0 Å². The number of hydrogen-bond acceptors (Lipinski definition) is 5. The third-order valence-corrected chi connectivity index (χ3v) is 5.62. The van der Waals surface area contributed by atoms with Crippen molar-refractivity contribution in [1.82, 2.24) is 20.6 Å². The Labute approximate surface area is 213 Å². The topological polar surface area (TPSA) is 124 Å². The van der Waals surface area contributed by atoms with Gasteiger partial charge in [0.15, 0.2) is 0 Å². The van der Waals surface area contributed by atoms with E-state index in [4.69, 9.17) is 9.90 Å². The van der Waals surface area contributed by atoms with Crippen molar-refractivity contribution in [3.8, 4) is 0 Å². The number of amides is 2. The van der Waals surface area contributed by atoms with Gasteiger partial charge in [0, 0.05) is 29.8 Å². The largest absolute Gasteiger partial charge is 0.490 e. The zero-order chi connectivity index (χ0) is 27.3. The molecule has 0 spiro atoms. The van der Waals surface area contributed by atoms with Crippen LogP contribution < -0.4 is 10.6 Å². The number of alkyl halides is 3. The van der Waals surface area contributed by atoms with Gasteiger partial charge in [-0.15, -0.1) is 11.8 Å². The van der Waals surface area contributed by atoms with Crippen molar-refractivity contribution in [2.75, 3.05) is 12.3 Å². The maximum Gasteiger partial charge on any atom is 0.490 e. The van der Waals surface area contributed by atoms with Crippen molar-refractivity contribution in [3.05, 3.63) is 84.2 Å². The molecule has 0 bridgehead atoms. The van der Waals surface area contributed by atoms with E-state index in [1.54, 1.807) is 18.3 Å². The molecule has 0 aliphatic carbocycles. The smallest absolute Gasteiger partial charge is 0.475 e. The summed E-state index contributed by atoms with van der Waals surface area (Å²) in [5.74, 6) is -3.47. The Hall–Kier alpha value is -3.87. The van der Waals surface area contributed by atoms with E-state index in [-0.39, 0.29) is 23.4 Å². The third kappa shape index (κ3) is 11.6. The molecule has 3 rings (SSSR count). The summed E-state index contributed by atoms with van der Waals surface area (Å²) in [4.78, 5) is 41.7. The van der Waals surface area contributed by atoms with Crippen LogP contribution in [-0.4, -0.2) is 57.4 Å². The summed E-state index contributed by atoms with van der Waals surface area (Å²) in [6.45, 7) is 0.475. The first kappa shape index (κ1) is 29.4. The standard InChI is InChI=1S/C22H23FN4O2S.C2HF3O2/c23-17-6-8-19(9-7-17)30-14-21(28)27-20(12-18-13-24-15-26-18)22(29)25-11-10-16-4-2-1-3-5-16;3-2(4,5)1(6)7/h1-9,13,15,20H,10-12,14H2,(H,24,26)(H,25,29)(H,27,28);(H,6,7)/t20-;/m0./s1. The Morgan fingerprint density at radius 1 is 1.05 bits per heavy atom. The van der Waals surface area contributed by atoms with Gasteiger partial charge in [0.25, 0.3) is 0 Å². The number of carboxylic acid groups (broad SMARTS) is 1. The molecular weight excluding hydrogens is 516 g/mol. The van der Waals surface area contributed by atoms with Crippen LogP contribution in [0.5, 0.6) is 0 Å². The number of nitrogens with one attached hydrogen (secondary N) is 3. The van der Waals surface area contributed by atoms with Crippen LogP contribution in [0.1, 0.15) is 11.3 Å². The molecule has 2 amide bonds. The SMILES string of the molecule is O=C(CSc1ccc(F)cc1)N[C@@H](Cc1cnc[nH]1)C(=O)NCCc1ccccc1.O=C(O)C(F)(F)F. The summed E-state index contributed by atoms with van der Waals surface area (Å²) in [5.41, 5.74) is 1.88. The molecule has 4 N–H and O–H groups in total. The van der Waals surface area contributed by atoms with Gasteiger partial charge in [-0.2, -0.15) is 13.2 Å². The number of H-pyrrole nitrogens is 1. The third-order valence-electron chi connectivity index (χ3n) is 4.61. The van der Waals surface area contributed by atoms with Crippen LogP contribution >= 0.6 is 11.8 Å². The molecule has 0 radical (unpaired) electrons. The first-order chi connectivity index (χ1) is 17.5. The summed E-state index contributed by atoms with van der Waals surface area (Å²) in [6.07, 6.45) is -0.905.